The van der Waals surface area contributed by atoms with Gasteiger partial charge in [-0.25, -0.2) is 0 Å². The van der Waals surface area contributed by atoms with Crippen molar-refractivity contribution in [3.05, 3.63) is 0 Å². The standard InChI is InChI=1S/C10H21N3/c1-10(2)6-4-8(5-7-10)13(3)9(11)12/h8H,4-7H2,1-3H3,(H3,11,12). The first kappa shape index (κ1) is 10.4. The predicted octanol–water partition coefficient (Wildman–Crippen LogP) is 1.78. The Morgan fingerprint density at radius 2 is 1.85 bits per heavy atom. The zero-order valence-electron chi connectivity index (χ0n) is 8.93. The van der Waals surface area contributed by atoms with Crippen LogP contribution in [0.25, 0.3) is 0 Å². The maximum atomic E-state index is 7.34. The summed E-state index contributed by atoms with van der Waals surface area (Å²) in [6.07, 6.45) is 4.83. The van der Waals surface area contributed by atoms with Crippen molar-refractivity contribution in [1.82, 2.24) is 4.90 Å². The van der Waals surface area contributed by atoms with Gasteiger partial charge in [-0.05, 0) is 31.1 Å². The van der Waals surface area contributed by atoms with Gasteiger partial charge in [-0.15, -0.1) is 0 Å². The summed E-state index contributed by atoms with van der Waals surface area (Å²) in [7, 11) is 1.92. The molecule has 0 aliphatic heterocycles. The van der Waals surface area contributed by atoms with Gasteiger partial charge < -0.3 is 10.6 Å². The molecule has 3 nitrogen and oxygen atoms in total. The maximum Gasteiger partial charge on any atom is 0.188 e. The van der Waals surface area contributed by atoms with Gasteiger partial charge in [-0.3, -0.25) is 5.41 Å². The molecule has 0 amide bonds. The zero-order valence-corrected chi connectivity index (χ0v) is 8.93. The van der Waals surface area contributed by atoms with Crippen LogP contribution >= 0.6 is 0 Å². The summed E-state index contributed by atoms with van der Waals surface area (Å²) >= 11 is 0. The lowest BCUT2D eigenvalue weighted by Crippen LogP contribution is -2.43. The Morgan fingerprint density at radius 1 is 1.38 bits per heavy atom. The van der Waals surface area contributed by atoms with Crippen LogP contribution in [0.2, 0.25) is 0 Å². The van der Waals surface area contributed by atoms with E-state index in [0.717, 1.165) is 0 Å². The normalized spacial score (nSPS) is 22.7. The van der Waals surface area contributed by atoms with E-state index in [1.807, 2.05) is 11.9 Å². The second-order valence-corrected chi connectivity index (χ2v) is 4.89. The first-order valence-corrected chi connectivity index (χ1v) is 4.99. The summed E-state index contributed by atoms with van der Waals surface area (Å²) in [5.74, 6) is 0.199. The minimum atomic E-state index is 0.199. The summed E-state index contributed by atoms with van der Waals surface area (Å²) in [5, 5.41) is 7.34. The highest BCUT2D eigenvalue weighted by atomic mass is 15.2. The fourth-order valence-corrected chi connectivity index (χ4v) is 1.97. The van der Waals surface area contributed by atoms with Crippen LogP contribution in [0.1, 0.15) is 39.5 Å². The van der Waals surface area contributed by atoms with Crippen LogP contribution in [0, 0.1) is 10.8 Å². The van der Waals surface area contributed by atoms with Gasteiger partial charge in [0.15, 0.2) is 5.96 Å². The summed E-state index contributed by atoms with van der Waals surface area (Å²) in [4.78, 5) is 1.90. The molecular weight excluding hydrogens is 162 g/mol. The highest BCUT2D eigenvalue weighted by molar-refractivity contribution is 5.74. The molecule has 0 radical (unpaired) electrons. The maximum absolute atomic E-state index is 7.34. The Labute approximate surface area is 80.8 Å². The van der Waals surface area contributed by atoms with Crippen molar-refractivity contribution < 1.29 is 0 Å². The molecule has 0 aromatic carbocycles. The van der Waals surface area contributed by atoms with Crippen LogP contribution in [-0.4, -0.2) is 23.9 Å². The molecule has 1 saturated carbocycles. The van der Waals surface area contributed by atoms with Crippen LogP contribution in [0.3, 0.4) is 0 Å². The summed E-state index contributed by atoms with van der Waals surface area (Å²) in [6, 6.07) is 0.491. The van der Waals surface area contributed by atoms with Gasteiger partial charge in [-0.1, -0.05) is 13.8 Å². The number of hydrogen-bond acceptors (Lipinski definition) is 1. The molecular formula is C10H21N3. The Hall–Kier alpha value is -0.730. The van der Waals surface area contributed by atoms with Crippen molar-refractivity contribution in [3.8, 4) is 0 Å². The van der Waals surface area contributed by atoms with Crippen LogP contribution < -0.4 is 5.73 Å². The van der Waals surface area contributed by atoms with E-state index in [-0.39, 0.29) is 5.96 Å². The van der Waals surface area contributed by atoms with Gasteiger partial charge in [0.1, 0.15) is 0 Å². The number of nitrogens with zero attached hydrogens (tertiary/aromatic N) is 1. The number of rotatable bonds is 1. The van der Waals surface area contributed by atoms with Crippen molar-refractivity contribution in [2.24, 2.45) is 11.1 Å². The predicted molar refractivity (Wildman–Crippen MR) is 55.7 cm³/mol. The van der Waals surface area contributed by atoms with E-state index >= 15 is 0 Å². The second kappa shape index (κ2) is 3.56. The van der Waals surface area contributed by atoms with E-state index in [4.69, 9.17) is 11.1 Å². The first-order chi connectivity index (χ1) is 5.92. The van der Waals surface area contributed by atoms with E-state index in [0.29, 0.717) is 11.5 Å². The molecule has 1 rings (SSSR count). The molecule has 3 heteroatoms. The Balaban J connectivity index is 2.45. The number of hydrogen-bond donors (Lipinski definition) is 2. The Morgan fingerprint density at radius 3 is 2.23 bits per heavy atom. The highest BCUT2D eigenvalue weighted by Crippen LogP contribution is 2.36. The smallest absolute Gasteiger partial charge is 0.188 e. The SMILES string of the molecule is CN(C(=N)N)C1CCC(C)(C)CC1. The largest absolute Gasteiger partial charge is 0.370 e. The third kappa shape index (κ3) is 2.61. The minimum absolute atomic E-state index is 0.199. The summed E-state index contributed by atoms with van der Waals surface area (Å²) in [5.41, 5.74) is 5.94. The average Bonchev–Trinajstić information content (AvgIpc) is 2.03. The van der Waals surface area contributed by atoms with Crippen LogP contribution in [0.15, 0.2) is 0 Å². The summed E-state index contributed by atoms with van der Waals surface area (Å²) in [6.45, 7) is 4.63. The quantitative estimate of drug-likeness (QED) is 0.481. The zero-order chi connectivity index (χ0) is 10.1. The van der Waals surface area contributed by atoms with Gasteiger partial charge in [0.05, 0.1) is 0 Å². The summed E-state index contributed by atoms with van der Waals surface area (Å²) < 4.78 is 0. The van der Waals surface area contributed by atoms with Crippen molar-refractivity contribution >= 4 is 5.96 Å². The van der Waals surface area contributed by atoms with Crippen molar-refractivity contribution in [2.75, 3.05) is 7.05 Å². The molecule has 13 heavy (non-hydrogen) atoms. The van der Waals surface area contributed by atoms with Crippen molar-refractivity contribution in [3.63, 3.8) is 0 Å². The fourth-order valence-electron chi connectivity index (χ4n) is 1.97. The molecule has 76 valence electrons. The molecule has 1 aliphatic rings. The van der Waals surface area contributed by atoms with E-state index < -0.39 is 0 Å². The molecule has 0 atom stereocenters. The molecule has 0 spiro atoms. The Bertz CT molecular complexity index is 188. The number of nitrogens with two attached hydrogens (primary N) is 1. The van der Waals surface area contributed by atoms with Crippen LogP contribution in [0.5, 0.6) is 0 Å². The van der Waals surface area contributed by atoms with Crippen molar-refractivity contribution in [1.29, 1.82) is 5.41 Å². The Kier molecular flexibility index (Phi) is 2.84. The van der Waals surface area contributed by atoms with E-state index in [1.54, 1.807) is 0 Å². The monoisotopic (exact) mass is 183 g/mol. The molecule has 1 aliphatic carbocycles. The van der Waals surface area contributed by atoms with E-state index in [9.17, 15) is 0 Å². The molecule has 0 saturated heterocycles. The number of nitrogens with one attached hydrogen (secondary N) is 1. The van der Waals surface area contributed by atoms with Gasteiger partial charge in [0.25, 0.3) is 0 Å². The van der Waals surface area contributed by atoms with E-state index in [2.05, 4.69) is 13.8 Å². The van der Waals surface area contributed by atoms with Gasteiger partial charge in [0, 0.05) is 13.1 Å². The third-order valence-electron chi connectivity index (χ3n) is 3.24. The third-order valence-corrected chi connectivity index (χ3v) is 3.24. The molecule has 1 fully saturated rings. The average molecular weight is 183 g/mol. The molecule has 3 N–H and O–H groups in total. The number of guanidine groups is 1. The first-order valence-electron chi connectivity index (χ1n) is 4.99. The lowest BCUT2D eigenvalue weighted by molar-refractivity contribution is 0.168. The molecule has 0 unspecified atom stereocenters. The van der Waals surface area contributed by atoms with Gasteiger partial charge in [-0.2, -0.15) is 0 Å². The van der Waals surface area contributed by atoms with Gasteiger partial charge >= 0.3 is 0 Å². The highest BCUT2D eigenvalue weighted by Gasteiger charge is 2.28. The second-order valence-electron chi connectivity index (χ2n) is 4.89. The van der Waals surface area contributed by atoms with Gasteiger partial charge in [0.2, 0.25) is 0 Å². The molecule has 0 aromatic rings. The topological polar surface area (TPSA) is 53.1 Å². The van der Waals surface area contributed by atoms with Crippen LogP contribution in [0.4, 0.5) is 0 Å². The van der Waals surface area contributed by atoms with E-state index in [1.165, 1.54) is 25.7 Å². The molecule has 0 bridgehead atoms. The molecule has 0 heterocycles. The lowest BCUT2D eigenvalue weighted by atomic mass is 9.75. The minimum Gasteiger partial charge on any atom is -0.370 e. The molecule has 0 aromatic heterocycles. The lowest BCUT2D eigenvalue weighted by Gasteiger charge is -2.38. The fraction of sp³-hybridized carbons (Fsp3) is 0.900. The van der Waals surface area contributed by atoms with Crippen molar-refractivity contribution in [2.45, 2.75) is 45.6 Å². The van der Waals surface area contributed by atoms with Crippen LogP contribution in [-0.2, 0) is 0 Å².